The van der Waals surface area contributed by atoms with Gasteiger partial charge in [-0.2, -0.15) is 0 Å². The summed E-state index contributed by atoms with van der Waals surface area (Å²) in [6, 6.07) is 0. The Morgan fingerprint density at radius 2 is 1.75 bits per heavy atom. The summed E-state index contributed by atoms with van der Waals surface area (Å²) in [6.45, 7) is 6.75. The van der Waals surface area contributed by atoms with Crippen molar-refractivity contribution in [1.29, 1.82) is 0 Å². The molecule has 0 saturated heterocycles. The number of aromatic nitrogens is 2. The first-order valence-corrected chi connectivity index (χ1v) is 6.03. The van der Waals surface area contributed by atoms with Gasteiger partial charge in [0.25, 0.3) is 0 Å². The molecule has 3 heteroatoms. The predicted octanol–water partition coefficient (Wildman–Crippen LogP) is 3.01. The smallest absolute Gasteiger partial charge is 0.224 e. The highest BCUT2D eigenvalue weighted by Gasteiger charge is 2.24. The zero-order valence-electron chi connectivity index (χ0n) is 11.1. The topological polar surface area (TPSA) is 29.0 Å². The van der Waals surface area contributed by atoms with Crippen LogP contribution < -0.4 is 4.90 Å². The number of hydrogen-bond acceptors (Lipinski definition) is 3. The van der Waals surface area contributed by atoms with Gasteiger partial charge in [0, 0.05) is 26.5 Å². The van der Waals surface area contributed by atoms with Crippen molar-refractivity contribution in [3.8, 4) is 0 Å². The van der Waals surface area contributed by atoms with Gasteiger partial charge in [0.2, 0.25) is 5.95 Å². The maximum atomic E-state index is 4.39. The zero-order valence-corrected chi connectivity index (χ0v) is 11.1. The molecule has 1 heterocycles. The van der Waals surface area contributed by atoms with Gasteiger partial charge in [-0.15, -0.1) is 0 Å². The minimum absolute atomic E-state index is 0.222. The first-order valence-electron chi connectivity index (χ1n) is 6.03. The molecule has 0 saturated carbocycles. The minimum Gasteiger partial charge on any atom is -0.347 e. The van der Waals surface area contributed by atoms with Crippen LogP contribution in [0, 0.1) is 0 Å². The fourth-order valence-corrected chi connectivity index (χ4v) is 1.94. The second-order valence-electron chi connectivity index (χ2n) is 4.83. The van der Waals surface area contributed by atoms with Crippen LogP contribution in [0.2, 0.25) is 0 Å². The predicted molar refractivity (Wildman–Crippen MR) is 68.9 cm³/mol. The molecule has 0 radical (unpaired) electrons. The van der Waals surface area contributed by atoms with Crippen molar-refractivity contribution < 1.29 is 0 Å². The molecule has 0 fully saturated rings. The van der Waals surface area contributed by atoms with Crippen molar-refractivity contribution in [3.05, 3.63) is 18.0 Å². The fourth-order valence-electron chi connectivity index (χ4n) is 1.94. The third-order valence-corrected chi connectivity index (χ3v) is 3.32. The van der Waals surface area contributed by atoms with E-state index in [4.69, 9.17) is 0 Å². The summed E-state index contributed by atoms with van der Waals surface area (Å²) < 4.78 is 0. The van der Waals surface area contributed by atoms with E-state index in [1.165, 1.54) is 18.4 Å². The van der Waals surface area contributed by atoms with Crippen LogP contribution in [0.5, 0.6) is 0 Å². The van der Waals surface area contributed by atoms with E-state index in [0.717, 1.165) is 12.4 Å². The Labute approximate surface area is 98.9 Å². The lowest BCUT2D eigenvalue weighted by Gasteiger charge is -2.28. The van der Waals surface area contributed by atoms with Crippen LogP contribution in [0.3, 0.4) is 0 Å². The van der Waals surface area contributed by atoms with Crippen LogP contribution in [-0.4, -0.2) is 24.1 Å². The van der Waals surface area contributed by atoms with E-state index in [1.807, 2.05) is 31.4 Å². The molecule has 0 aliphatic rings. The average molecular weight is 221 g/mol. The molecule has 0 aliphatic heterocycles. The van der Waals surface area contributed by atoms with Gasteiger partial charge in [0.05, 0.1) is 0 Å². The van der Waals surface area contributed by atoms with Gasteiger partial charge in [-0.05, 0) is 23.8 Å². The van der Waals surface area contributed by atoms with Gasteiger partial charge in [0.15, 0.2) is 0 Å². The van der Waals surface area contributed by atoms with Crippen molar-refractivity contribution in [2.45, 2.75) is 45.4 Å². The zero-order chi connectivity index (χ0) is 12.2. The van der Waals surface area contributed by atoms with Crippen LogP contribution in [0.1, 0.15) is 45.6 Å². The monoisotopic (exact) mass is 221 g/mol. The van der Waals surface area contributed by atoms with Crippen LogP contribution in [0.15, 0.2) is 12.4 Å². The second kappa shape index (κ2) is 5.28. The van der Waals surface area contributed by atoms with E-state index in [1.54, 1.807) is 0 Å². The van der Waals surface area contributed by atoms with Crippen LogP contribution in [-0.2, 0) is 5.41 Å². The molecule has 0 amide bonds. The van der Waals surface area contributed by atoms with E-state index in [9.17, 15) is 0 Å². The molecular weight excluding hydrogens is 198 g/mol. The number of hydrogen-bond donors (Lipinski definition) is 0. The summed E-state index contributed by atoms with van der Waals surface area (Å²) in [6.07, 6.45) is 7.46. The third kappa shape index (κ3) is 2.71. The molecule has 16 heavy (non-hydrogen) atoms. The normalized spacial score (nSPS) is 14.6. The first-order chi connectivity index (χ1) is 7.53. The molecule has 1 rings (SSSR count). The summed E-state index contributed by atoms with van der Waals surface area (Å²) in [5, 5.41) is 0. The Morgan fingerprint density at radius 3 is 2.12 bits per heavy atom. The molecule has 90 valence electrons. The summed E-state index contributed by atoms with van der Waals surface area (Å²) in [5.74, 6) is 0.777. The summed E-state index contributed by atoms with van der Waals surface area (Å²) >= 11 is 0. The van der Waals surface area contributed by atoms with Crippen molar-refractivity contribution in [2.24, 2.45) is 0 Å². The van der Waals surface area contributed by atoms with Gasteiger partial charge in [0.1, 0.15) is 0 Å². The molecular formula is C13H23N3. The highest BCUT2D eigenvalue weighted by Crippen LogP contribution is 2.31. The first kappa shape index (κ1) is 12.9. The van der Waals surface area contributed by atoms with Gasteiger partial charge < -0.3 is 4.90 Å². The number of anilines is 1. The van der Waals surface area contributed by atoms with E-state index < -0.39 is 0 Å². The minimum atomic E-state index is 0.222. The van der Waals surface area contributed by atoms with E-state index in [2.05, 4.69) is 30.7 Å². The van der Waals surface area contributed by atoms with Gasteiger partial charge in [-0.1, -0.05) is 27.2 Å². The highest BCUT2D eigenvalue weighted by molar-refractivity contribution is 5.29. The maximum absolute atomic E-state index is 4.39. The summed E-state index contributed by atoms with van der Waals surface area (Å²) in [7, 11) is 3.92. The lowest BCUT2D eigenvalue weighted by Crippen LogP contribution is -2.22. The Hall–Kier alpha value is -1.12. The molecule has 3 nitrogen and oxygen atoms in total. The van der Waals surface area contributed by atoms with E-state index in [0.29, 0.717) is 0 Å². The standard InChI is InChI=1S/C13H23N3/c1-6-8-13(3,7-2)11-9-14-12(15-10-11)16(4)5/h9-10H,6-8H2,1-5H3. The Balaban J connectivity index is 2.94. The Bertz CT molecular complexity index is 318. The molecule has 0 spiro atoms. The Kier molecular flexibility index (Phi) is 4.27. The van der Waals surface area contributed by atoms with E-state index >= 15 is 0 Å². The van der Waals surface area contributed by atoms with Crippen LogP contribution in [0.4, 0.5) is 5.95 Å². The largest absolute Gasteiger partial charge is 0.347 e. The quantitative estimate of drug-likeness (QED) is 0.765. The molecule has 0 aliphatic carbocycles. The SMILES string of the molecule is CCCC(C)(CC)c1cnc(N(C)C)nc1. The molecule has 1 aromatic heterocycles. The summed E-state index contributed by atoms with van der Waals surface area (Å²) in [5.41, 5.74) is 1.47. The van der Waals surface area contributed by atoms with Crippen LogP contribution in [0.25, 0.3) is 0 Å². The third-order valence-electron chi connectivity index (χ3n) is 3.32. The second-order valence-corrected chi connectivity index (χ2v) is 4.83. The molecule has 1 unspecified atom stereocenters. The summed E-state index contributed by atoms with van der Waals surface area (Å²) in [4.78, 5) is 10.7. The number of nitrogens with zero attached hydrogens (tertiary/aromatic N) is 3. The molecule has 0 N–H and O–H groups in total. The average Bonchev–Trinajstić information content (AvgIpc) is 2.29. The van der Waals surface area contributed by atoms with Crippen molar-refractivity contribution in [2.75, 3.05) is 19.0 Å². The number of rotatable bonds is 5. The van der Waals surface area contributed by atoms with Gasteiger partial charge >= 0.3 is 0 Å². The lowest BCUT2D eigenvalue weighted by molar-refractivity contribution is 0.411. The van der Waals surface area contributed by atoms with Crippen LogP contribution >= 0.6 is 0 Å². The maximum Gasteiger partial charge on any atom is 0.224 e. The van der Waals surface area contributed by atoms with E-state index in [-0.39, 0.29) is 5.41 Å². The van der Waals surface area contributed by atoms with Crippen molar-refractivity contribution in [3.63, 3.8) is 0 Å². The van der Waals surface area contributed by atoms with Gasteiger partial charge in [-0.25, -0.2) is 9.97 Å². The van der Waals surface area contributed by atoms with Crippen molar-refractivity contribution >= 4 is 5.95 Å². The molecule has 1 aromatic rings. The molecule has 0 aromatic carbocycles. The Morgan fingerprint density at radius 1 is 1.19 bits per heavy atom. The van der Waals surface area contributed by atoms with Crippen molar-refractivity contribution in [1.82, 2.24) is 9.97 Å². The van der Waals surface area contributed by atoms with Gasteiger partial charge in [-0.3, -0.25) is 0 Å². The molecule has 0 bridgehead atoms. The fraction of sp³-hybridized carbons (Fsp3) is 0.692. The highest BCUT2D eigenvalue weighted by atomic mass is 15.2. The molecule has 1 atom stereocenters. The lowest BCUT2D eigenvalue weighted by atomic mass is 9.78.